The SMILES string of the molecule is CCC(Oc1cccc(OC)c1)C(=O)N1CCC(C(=O)OC)CC1. The van der Waals surface area contributed by atoms with E-state index in [-0.39, 0.29) is 17.8 Å². The lowest BCUT2D eigenvalue weighted by atomic mass is 9.96. The first-order valence-electron chi connectivity index (χ1n) is 8.26. The van der Waals surface area contributed by atoms with E-state index in [4.69, 9.17) is 14.2 Å². The van der Waals surface area contributed by atoms with Gasteiger partial charge in [-0.1, -0.05) is 13.0 Å². The monoisotopic (exact) mass is 335 g/mol. The number of likely N-dealkylation sites (tertiary alicyclic amines) is 1. The van der Waals surface area contributed by atoms with Gasteiger partial charge in [-0.15, -0.1) is 0 Å². The van der Waals surface area contributed by atoms with E-state index in [0.717, 1.165) is 0 Å². The van der Waals surface area contributed by atoms with Crippen LogP contribution in [0.1, 0.15) is 26.2 Å². The molecular weight excluding hydrogens is 310 g/mol. The molecule has 1 saturated heterocycles. The van der Waals surface area contributed by atoms with Crippen LogP contribution in [0.2, 0.25) is 0 Å². The first kappa shape index (κ1) is 18.1. The van der Waals surface area contributed by atoms with Crippen LogP contribution in [-0.2, 0) is 14.3 Å². The molecule has 0 N–H and O–H groups in total. The predicted molar refractivity (Wildman–Crippen MR) is 89.0 cm³/mol. The molecule has 6 heteroatoms. The number of hydrogen-bond acceptors (Lipinski definition) is 5. The van der Waals surface area contributed by atoms with Crippen molar-refractivity contribution in [3.8, 4) is 11.5 Å². The highest BCUT2D eigenvalue weighted by atomic mass is 16.5. The number of nitrogens with zero attached hydrogens (tertiary/aromatic N) is 1. The number of piperidine rings is 1. The van der Waals surface area contributed by atoms with Crippen molar-refractivity contribution < 1.29 is 23.8 Å². The van der Waals surface area contributed by atoms with Crippen molar-refractivity contribution in [1.29, 1.82) is 0 Å². The molecule has 1 aliphatic heterocycles. The molecule has 24 heavy (non-hydrogen) atoms. The van der Waals surface area contributed by atoms with Crippen molar-refractivity contribution in [2.45, 2.75) is 32.3 Å². The van der Waals surface area contributed by atoms with Crippen LogP contribution < -0.4 is 9.47 Å². The Labute approximate surface area is 142 Å². The number of methoxy groups -OCH3 is 2. The molecule has 1 fully saturated rings. The van der Waals surface area contributed by atoms with E-state index >= 15 is 0 Å². The number of benzene rings is 1. The molecule has 0 radical (unpaired) electrons. The molecule has 0 aliphatic carbocycles. The summed E-state index contributed by atoms with van der Waals surface area (Å²) in [6, 6.07) is 7.22. The fraction of sp³-hybridized carbons (Fsp3) is 0.556. The molecule has 6 nitrogen and oxygen atoms in total. The van der Waals surface area contributed by atoms with Crippen LogP contribution >= 0.6 is 0 Å². The lowest BCUT2D eigenvalue weighted by Gasteiger charge is -2.33. The summed E-state index contributed by atoms with van der Waals surface area (Å²) < 4.78 is 15.8. The summed E-state index contributed by atoms with van der Waals surface area (Å²) in [6.07, 6.45) is 1.31. The van der Waals surface area contributed by atoms with E-state index in [1.165, 1.54) is 7.11 Å². The van der Waals surface area contributed by atoms with Gasteiger partial charge in [0.15, 0.2) is 6.10 Å². The topological polar surface area (TPSA) is 65.1 Å². The molecule has 0 aromatic heterocycles. The number of esters is 1. The van der Waals surface area contributed by atoms with Gasteiger partial charge in [0.1, 0.15) is 11.5 Å². The van der Waals surface area contributed by atoms with Crippen LogP contribution in [0.4, 0.5) is 0 Å². The van der Waals surface area contributed by atoms with Gasteiger partial charge in [0.2, 0.25) is 0 Å². The highest BCUT2D eigenvalue weighted by Crippen LogP contribution is 2.23. The lowest BCUT2D eigenvalue weighted by Crippen LogP contribution is -2.46. The molecule has 0 saturated carbocycles. The number of carbonyl (C=O) groups is 2. The molecule has 0 spiro atoms. The second kappa shape index (κ2) is 8.57. The molecule has 0 bridgehead atoms. The summed E-state index contributed by atoms with van der Waals surface area (Å²) >= 11 is 0. The van der Waals surface area contributed by atoms with E-state index in [1.807, 2.05) is 25.1 Å². The molecule has 1 amide bonds. The maximum Gasteiger partial charge on any atom is 0.308 e. The number of rotatable bonds is 6. The number of carbonyl (C=O) groups excluding carboxylic acids is 2. The quantitative estimate of drug-likeness (QED) is 0.746. The van der Waals surface area contributed by atoms with Gasteiger partial charge in [-0.3, -0.25) is 9.59 Å². The average Bonchev–Trinajstić information content (AvgIpc) is 2.65. The Kier molecular flexibility index (Phi) is 6.46. The van der Waals surface area contributed by atoms with Crippen molar-refractivity contribution in [3.05, 3.63) is 24.3 Å². The van der Waals surface area contributed by atoms with Crippen molar-refractivity contribution in [2.75, 3.05) is 27.3 Å². The van der Waals surface area contributed by atoms with Crippen LogP contribution in [-0.4, -0.2) is 50.2 Å². The summed E-state index contributed by atoms with van der Waals surface area (Å²) in [5.74, 6) is 0.955. The second-order valence-electron chi connectivity index (χ2n) is 5.82. The largest absolute Gasteiger partial charge is 0.497 e. The second-order valence-corrected chi connectivity index (χ2v) is 5.82. The van der Waals surface area contributed by atoms with E-state index in [1.54, 1.807) is 18.1 Å². The fourth-order valence-corrected chi connectivity index (χ4v) is 2.85. The maximum atomic E-state index is 12.7. The third kappa shape index (κ3) is 4.40. The maximum absolute atomic E-state index is 12.7. The van der Waals surface area contributed by atoms with Crippen LogP contribution in [0.15, 0.2) is 24.3 Å². The third-order valence-corrected chi connectivity index (χ3v) is 4.31. The highest BCUT2D eigenvalue weighted by Gasteiger charge is 2.31. The van der Waals surface area contributed by atoms with Gasteiger partial charge in [-0.2, -0.15) is 0 Å². The summed E-state index contributed by atoms with van der Waals surface area (Å²) in [4.78, 5) is 26.0. The number of amides is 1. The molecule has 1 aromatic carbocycles. The van der Waals surface area contributed by atoms with Crippen LogP contribution in [0.5, 0.6) is 11.5 Å². The first-order chi connectivity index (χ1) is 11.6. The third-order valence-electron chi connectivity index (χ3n) is 4.31. The van der Waals surface area contributed by atoms with Gasteiger partial charge in [-0.25, -0.2) is 0 Å². The van der Waals surface area contributed by atoms with Crippen molar-refractivity contribution in [2.24, 2.45) is 5.92 Å². The van der Waals surface area contributed by atoms with E-state index < -0.39 is 6.10 Å². The van der Waals surface area contributed by atoms with Gasteiger partial charge in [0.25, 0.3) is 5.91 Å². The van der Waals surface area contributed by atoms with Crippen LogP contribution in [0.3, 0.4) is 0 Å². The number of ether oxygens (including phenoxy) is 3. The minimum atomic E-state index is -0.535. The Morgan fingerprint density at radius 1 is 1.21 bits per heavy atom. The smallest absolute Gasteiger partial charge is 0.308 e. The van der Waals surface area contributed by atoms with Crippen molar-refractivity contribution in [1.82, 2.24) is 4.90 Å². The Bertz CT molecular complexity index is 566. The zero-order chi connectivity index (χ0) is 17.5. The zero-order valence-corrected chi connectivity index (χ0v) is 14.5. The molecule has 1 atom stereocenters. The Morgan fingerprint density at radius 3 is 2.46 bits per heavy atom. The van der Waals surface area contributed by atoms with Crippen molar-refractivity contribution >= 4 is 11.9 Å². The van der Waals surface area contributed by atoms with Gasteiger partial charge in [0, 0.05) is 19.2 Å². The van der Waals surface area contributed by atoms with Crippen molar-refractivity contribution in [3.63, 3.8) is 0 Å². The van der Waals surface area contributed by atoms with E-state index in [9.17, 15) is 9.59 Å². The van der Waals surface area contributed by atoms with Gasteiger partial charge < -0.3 is 19.1 Å². The normalized spacial score (nSPS) is 16.4. The van der Waals surface area contributed by atoms with Gasteiger partial charge >= 0.3 is 5.97 Å². The van der Waals surface area contributed by atoms with Crippen LogP contribution in [0.25, 0.3) is 0 Å². The standard InChI is InChI=1S/C18H25NO5/c1-4-16(24-15-7-5-6-14(12-15)22-2)17(20)19-10-8-13(9-11-19)18(21)23-3/h5-7,12-13,16H,4,8-11H2,1-3H3. The summed E-state index contributed by atoms with van der Waals surface area (Å²) in [7, 11) is 2.99. The minimum Gasteiger partial charge on any atom is -0.497 e. The van der Waals surface area contributed by atoms with Gasteiger partial charge in [-0.05, 0) is 31.4 Å². The summed E-state index contributed by atoms with van der Waals surface area (Å²) in [5, 5.41) is 0. The number of hydrogen-bond donors (Lipinski definition) is 0. The zero-order valence-electron chi connectivity index (χ0n) is 14.5. The van der Waals surface area contributed by atoms with Crippen LogP contribution in [0, 0.1) is 5.92 Å². The molecule has 132 valence electrons. The minimum absolute atomic E-state index is 0.0383. The molecule has 1 heterocycles. The summed E-state index contributed by atoms with van der Waals surface area (Å²) in [6.45, 7) is 3.02. The molecule has 1 unspecified atom stereocenters. The highest BCUT2D eigenvalue weighted by molar-refractivity contribution is 5.81. The fourth-order valence-electron chi connectivity index (χ4n) is 2.85. The average molecular weight is 335 g/mol. The predicted octanol–water partition coefficient (Wildman–Crippen LogP) is 2.26. The molecule has 1 aromatic rings. The summed E-state index contributed by atoms with van der Waals surface area (Å²) in [5.41, 5.74) is 0. The first-order valence-corrected chi connectivity index (χ1v) is 8.26. The van der Waals surface area contributed by atoms with E-state index in [0.29, 0.717) is 43.9 Å². The molecular formula is C18H25NO5. The van der Waals surface area contributed by atoms with E-state index in [2.05, 4.69) is 0 Å². The Balaban J connectivity index is 1.95. The Hall–Kier alpha value is -2.24. The molecule has 1 aliphatic rings. The Morgan fingerprint density at radius 2 is 1.88 bits per heavy atom. The lowest BCUT2D eigenvalue weighted by molar-refractivity contribution is -0.150. The van der Waals surface area contributed by atoms with Gasteiger partial charge in [0.05, 0.1) is 20.1 Å². The molecule has 2 rings (SSSR count).